The number of urea groups is 1. The minimum absolute atomic E-state index is 0.118. The largest absolute Gasteiger partial charge is 0.332 e. The van der Waals surface area contributed by atoms with Crippen molar-refractivity contribution in [3.8, 4) is 0 Å². The summed E-state index contributed by atoms with van der Waals surface area (Å²) in [5.74, 6) is -0.960. The van der Waals surface area contributed by atoms with Crippen molar-refractivity contribution >= 4 is 40.3 Å². The van der Waals surface area contributed by atoms with Crippen LogP contribution in [0.2, 0.25) is 5.02 Å². The molecule has 0 radical (unpaired) electrons. The van der Waals surface area contributed by atoms with Crippen LogP contribution in [0.4, 0.5) is 4.79 Å². The van der Waals surface area contributed by atoms with Gasteiger partial charge in [-0.3, -0.25) is 19.7 Å². The number of amides is 4. The molecule has 2 heterocycles. The summed E-state index contributed by atoms with van der Waals surface area (Å²) in [4.78, 5) is 49.2. The van der Waals surface area contributed by atoms with Gasteiger partial charge in [0.05, 0.1) is 17.5 Å². The first-order chi connectivity index (χ1) is 16.2. The molecule has 11 heteroatoms. The van der Waals surface area contributed by atoms with Gasteiger partial charge in [0, 0.05) is 11.4 Å². The zero-order valence-electron chi connectivity index (χ0n) is 18.5. The van der Waals surface area contributed by atoms with Gasteiger partial charge < -0.3 is 10.6 Å². The quantitative estimate of drug-likeness (QED) is 0.478. The number of aromatic nitrogens is 3. The Morgan fingerprint density at radius 3 is 2.38 bits per heavy atom. The summed E-state index contributed by atoms with van der Waals surface area (Å²) in [6.45, 7) is 3.65. The van der Waals surface area contributed by atoms with E-state index in [-0.39, 0.29) is 36.2 Å². The van der Waals surface area contributed by atoms with Crippen LogP contribution >= 0.6 is 11.6 Å². The number of carbonyl (C=O) groups excluding carboxylic acids is 3. The van der Waals surface area contributed by atoms with Crippen molar-refractivity contribution in [3.05, 3.63) is 69.0 Å². The van der Waals surface area contributed by atoms with E-state index in [1.165, 1.54) is 0 Å². The van der Waals surface area contributed by atoms with E-state index in [4.69, 9.17) is 11.6 Å². The van der Waals surface area contributed by atoms with E-state index in [1.54, 1.807) is 37.3 Å². The highest BCUT2D eigenvalue weighted by Gasteiger charge is 2.30. The first kappa shape index (κ1) is 23.4. The number of halogens is 1. The average molecular weight is 483 g/mol. The second-order valence-electron chi connectivity index (χ2n) is 8.20. The number of rotatable bonds is 5. The standard InChI is InChI=1S/C23H23ClN6O4/c1-12(14-3-6-16(24)7-4-14)25-23(34)26-13(2)15-5-8-18-17(11-15)22(33)30(29-28-18)19-9-10-20(31)27-21(19)32/h3-8,11-13,19H,9-10H2,1-2H3,(H2,25,26,34)(H,27,31,32). The first-order valence-electron chi connectivity index (χ1n) is 10.8. The Bertz CT molecular complexity index is 1320. The van der Waals surface area contributed by atoms with Crippen LogP contribution in [0.1, 0.15) is 55.9 Å². The molecule has 3 N–H and O–H groups in total. The fraction of sp³-hybridized carbons (Fsp3) is 0.304. The third-order valence-corrected chi connectivity index (χ3v) is 6.03. The number of nitrogens with zero attached hydrogens (tertiary/aromatic N) is 3. The molecule has 1 aliphatic rings. The first-order valence-corrected chi connectivity index (χ1v) is 11.2. The Morgan fingerprint density at radius 1 is 1.06 bits per heavy atom. The number of piperidine rings is 1. The minimum Gasteiger partial charge on any atom is -0.332 e. The van der Waals surface area contributed by atoms with E-state index in [0.717, 1.165) is 10.2 Å². The second kappa shape index (κ2) is 9.60. The molecule has 176 valence electrons. The molecule has 2 aromatic carbocycles. The van der Waals surface area contributed by atoms with E-state index < -0.39 is 23.6 Å². The molecule has 0 bridgehead atoms. The third-order valence-electron chi connectivity index (χ3n) is 5.78. The number of carbonyl (C=O) groups is 3. The minimum atomic E-state index is -0.901. The molecule has 4 rings (SSSR count). The topological polar surface area (TPSA) is 135 Å². The van der Waals surface area contributed by atoms with Crippen LogP contribution in [-0.2, 0) is 9.59 Å². The van der Waals surface area contributed by atoms with Crippen LogP contribution in [0, 0.1) is 0 Å². The molecule has 0 spiro atoms. The van der Waals surface area contributed by atoms with Gasteiger partial charge >= 0.3 is 6.03 Å². The summed E-state index contributed by atoms with van der Waals surface area (Å²) in [5, 5.41) is 16.8. The smallest absolute Gasteiger partial charge is 0.315 e. The summed E-state index contributed by atoms with van der Waals surface area (Å²) in [6, 6.07) is 10.3. The van der Waals surface area contributed by atoms with Crippen molar-refractivity contribution < 1.29 is 14.4 Å². The van der Waals surface area contributed by atoms with Gasteiger partial charge in [0.2, 0.25) is 5.91 Å². The number of imide groups is 1. The van der Waals surface area contributed by atoms with Crippen molar-refractivity contribution in [2.24, 2.45) is 0 Å². The molecule has 3 atom stereocenters. The summed E-state index contributed by atoms with van der Waals surface area (Å²) in [7, 11) is 0. The van der Waals surface area contributed by atoms with E-state index in [1.807, 2.05) is 19.1 Å². The second-order valence-corrected chi connectivity index (χ2v) is 8.63. The van der Waals surface area contributed by atoms with Crippen molar-refractivity contribution in [2.75, 3.05) is 0 Å². The molecular formula is C23H23ClN6O4. The Hall–Kier alpha value is -3.79. The number of hydrogen-bond donors (Lipinski definition) is 3. The monoisotopic (exact) mass is 482 g/mol. The van der Waals surface area contributed by atoms with Crippen molar-refractivity contribution in [1.82, 2.24) is 30.9 Å². The van der Waals surface area contributed by atoms with Crippen LogP contribution < -0.4 is 21.5 Å². The number of benzene rings is 2. The lowest BCUT2D eigenvalue weighted by molar-refractivity contribution is -0.136. The Kier molecular flexibility index (Phi) is 6.60. The summed E-state index contributed by atoms with van der Waals surface area (Å²) in [6.07, 6.45) is 0.293. The van der Waals surface area contributed by atoms with Crippen molar-refractivity contribution in [2.45, 2.75) is 44.8 Å². The molecule has 1 aromatic heterocycles. The van der Waals surface area contributed by atoms with Gasteiger partial charge in [-0.15, -0.1) is 5.10 Å². The Morgan fingerprint density at radius 2 is 1.71 bits per heavy atom. The lowest BCUT2D eigenvalue weighted by Crippen LogP contribution is -2.45. The molecule has 4 amide bonds. The number of hydrogen-bond acceptors (Lipinski definition) is 6. The van der Waals surface area contributed by atoms with E-state index >= 15 is 0 Å². The van der Waals surface area contributed by atoms with Crippen LogP contribution in [0.15, 0.2) is 47.3 Å². The van der Waals surface area contributed by atoms with E-state index in [2.05, 4.69) is 26.3 Å². The third kappa shape index (κ3) is 4.91. The maximum Gasteiger partial charge on any atom is 0.315 e. The van der Waals surface area contributed by atoms with E-state index in [0.29, 0.717) is 16.1 Å². The van der Waals surface area contributed by atoms with Gasteiger partial charge in [-0.05, 0) is 55.7 Å². The van der Waals surface area contributed by atoms with Crippen molar-refractivity contribution in [1.29, 1.82) is 0 Å². The van der Waals surface area contributed by atoms with Gasteiger partial charge in [-0.2, -0.15) is 4.68 Å². The lowest BCUT2D eigenvalue weighted by Gasteiger charge is -2.21. The molecule has 1 saturated heterocycles. The average Bonchev–Trinajstić information content (AvgIpc) is 2.80. The lowest BCUT2D eigenvalue weighted by atomic mass is 10.0. The molecule has 1 fully saturated rings. The zero-order chi connectivity index (χ0) is 24.4. The molecule has 34 heavy (non-hydrogen) atoms. The maximum atomic E-state index is 13.1. The summed E-state index contributed by atoms with van der Waals surface area (Å²) >= 11 is 5.91. The zero-order valence-corrected chi connectivity index (χ0v) is 19.3. The SMILES string of the molecule is CC(NC(=O)NC(C)c1ccc2nnn(C3CCC(=O)NC3=O)c(=O)c2c1)c1ccc(Cl)cc1. The van der Waals surface area contributed by atoms with Gasteiger partial charge in [0.1, 0.15) is 11.6 Å². The predicted octanol–water partition coefficient (Wildman–Crippen LogP) is 2.54. The molecule has 1 aliphatic heterocycles. The molecule has 3 aromatic rings. The van der Waals surface area contributed by atoms with Gasteiger partial charge in [-0.1, -0.05) is 35.0 Å². The van der Waals surface area contributed by atoms with Crippen LogP contribution in [0.3, 0.4) is 0 Å². The molecular weight excluding hydrogens is 460 g/mol. The highest BCUT2D eigenvalue weighted by atomic mass is 35.5. The Labute approximate surface area is 199 Å². The van der Waals surface area contributed by atoms with Gasteiger partial charge in [0.15, 0.2) is 0 Å². The summed E-state index contributed by atoms with van der Waals surface area (Å²) in [5.41, 5.74) is 1.46. The maximum absolute atomic E-state index is 13.1. The fourth-order valence-corrected chi connectivity index (χ4v) is 3.94. The fourth-order valence-electron chi connectivity index (χ4n) is 3.81. The Balaban J connectivity index is 1.51. The van der Waals surface area contributed by atoms with Crippen molar-refractivity contribution in [3.63, 3.8) is 0 Å². The predicted molar refractivity (Wildman–Crippen MR) is 125 cm³/mol. The molecule has 3 unspecified atom stereocenters. The van der Waals surface area contributed by atoms with Gasteiger partial charge in [0.25, 0.3) is 11.5 Å². The van der Waals surface area contributed by atoms with Crippen LogP contribution in [0.5, 0.6) is 0 Å². The highest BCUT2D eigenvalue weighted by molar-refractivity contribution is 6.30. The molecule has 10 nitrogen and oxygen atoms in total. The normalized spacial score (nSPS) is 17.7. The molecule has 0 aliphatic carbocycles. The van der Waals surface area contributed by atoms with Gasteiger partial charge in [-0.25, -0.2) is 4.79 Å². The van der Waals surface area contributed by atoms with E-state index in [9.17, 15) is 19.2 Å². The number of fused-ring (bicyclic) bond motifs is 1. The van der Waals surface area contributed by atoms with Crippen LogP contribution in [0.25, 0.3) is 10.9 Å². The highest BCUT2D eigenvalue weighted by Crippen LogP contribution is 2.20. The van der Waals surface area contributed by atoms with Crippen LogP contribution in [-0.4, -0.2) is 32.8 Å². The summed E-state index contributed by atoms with van der Waals surface area (Å²) < 4.78 is 1.01. The molecule has 0 saturated carbocycles. The number of nitrogens with one attached hydrogen (secondary N) is 3.